The molecule has 0 saturated carbocycles. The number of anilines is 1. The van der Waals surface area contributed by atoms with E-state index in [1.165, 1.54) is 0 Å². The SMILES string of the molecule is CC(C)(C)Nc1c(-c2ccc3c(c2)CN(C2CCC(=O)NC2=O)C3=O)nc2cnccn12. The smallest absolute Gasteiger partial charge is 0.255 e. The van der Waals surface area contributed by atoms with Gasteiger partial charge in [-0.05, 0) is 44.9 Å². The largest absolute Gasteiger partial charge is 0.365 e. The molecular weight excluding hydrogens is 408 g/mol. The summed E-state index contributed by atoms with van der Waals surface area (Å²) in [5, 5.41) is 5.86. The zero-order chi connectivity index (χ0) is 22.6. The molecule has 1 unspecified atom stereocenters. The van der Waals surface area contributed by atoms with Crippen molar-refractivity contribution in [2.24, 2.45) is 0 Å². The quantitative estimate of drug-likeness (QED) is 0.615. The van der Waals surface area contributed by atoms with Gasteiger partial charge in [-0.2, -0.15) is 0 Å². The first-order valence-electron chi connectivity index (χ1n) is 10.6. The third kappa shape index (κ3) is 3.39. The van der Waals surface area contributed by atoms with Crippen LogP contribution in [0, 0.1) is 0 Å². The molecule has 2 aliphatic rings. The zero-order valence-electron chi connectivity index (χ0n) is 18.2. The second-order valence-corrected chi connectivity index (χ2v) is 9.26. The van der Waals surface area contributed by atoms with E-state index >= 15 is 0 Å². The van der Waals surface area contributed by atoms with Gasteiger partial charge in [-0.15, -0.1) is 0 Å². The van der Waals surface area contributed by atoms with Crippen molar-refractivity contribution in [2.45, 2.75) is 51.7 Å². The number of nitrogens with zero attached hydrogens (tertiary/aromatic N) is 4. The molecule has 1 aromatic carbocycles. The number of aromatic nitrogens is 3. The van der Waals surface area contributed by atoms with Crippen LogP contribution in [-0.2, 0) is 16.1 Å². The van der Waals surface area contributed by atoms with Crippen molar-refractivity contribution in [3.63, 3.8) is 0 Å². The number of hydrogen-bond acceptors (Lipinski definition) is 6. The second kappa shape index (κ2) is 7.15. The number of carbonyl (C=O) groups is 3. The number of hydrogen-bond donors (Lipinski definition) is 2. The third-order valence-electron chi connectivity index (χ3n) is 5.72. The fraction of sp³-hybridized carbons (Fsp3) is 0.348. The number of imidazole rings is 1. The van der Waals surface area contributed by atoms with Gasteiger partial charge >= 0.3 is 0 Å². The van der Waals surface area contributed by atoms with E-state index in [-0.39, 0.29) is 23.8 Å². The van der Waals surface area contributed by atoms with Crippen molar-refractivity contribution < 1.29 is 14.4 Å². The molecule has 1 fully saturated rings. The van der Waals surface area contributed by atoms with Gasteiger partial charge in [-0.1, -0.05) is 6.07 Å². The Hall–Kier alpha value is -3.75. The lowest BCUT2D eigenvalue weighted by Gasteiger charge is -2.29. The highest BCUT2D eigenvalue weighted by atomic mass is 16.2. The minimum Gasteiger partial charge on any atom is -0.365 e. The summed E-state index contributed by atoms with van der Waals surface area (Å²) in [5.41, 5.74) is 3.59. The van der Waals surface area contributed by atoms with Gasteiger partial charge in [0.25, 0.3) is 5.91 Å². The molecule has 5 rings (SSSR count). The van der Waals surface area contributed by atoms with Crippen molar-refractivity contribution in [3.8, 4) is 11.3 Å². The van der Waals surface area contributed by atoms with Crippen LogP contribution in [0.15, 0.2) is 36.8 Å². The van der Waals surface area contributed by atoms with E-state index in [1.807, 2.05) is 22.7 Å². The topological polar surface area (TPSA) is 109 Å². The summed E-state index contributed by atoms with van der Waals surface area (Å²) in [6, 6.07) is 5.01. The Morgan fingerprint density at radius 3 is 2.75 bits per heavy atom. The van der Waals surface area contributed by atoms with Crippen LogP contribution < -0.4 is 10.6 Å². The molecule has 9 heteroatoms. The number of nitrogens with one attached hydrogen (secondary N) is 2. The van der Waals surface area contributed by atoms with E-state index in [2.05, 4.69) is 36.4 Å². The maximum Gasteiger partial charge on any atom is 0.255 e. The molecule has 2 aliphatic heterocycles. The van der Waals surface area contributed by atoms with Crippen LogP contribution in [0.1, 0.15) is 49.5 Å². The molecular formula is C23H24N6O3. The lowest BCUT2D eigenvalue weighted by atomic mass is 10.0. The molecule has 0 bridgehead atoms. The fourth-order valence-corrected chi connectivity index (χ4v) is 4.30. The Kier molecular flexibility index (Phi) is 4.51. The predicted molar refractivity (Wildman–Crippen MR) is 118 cm³/mol. The summed E-state index contributed by atoms with van der Waals surface area (Å²) in [4.78, 5) is 47.3. The first-order chi connectivity index (χ1) is 15.2. The zero-order valence-corrected chi connectivity index (χ0v) is 18.2. The van der Waals surface area contributed by atoms with Crippen LogP contribution in [0.25, 0.3) is 16.9 Å². The van der Waals surface area contributed by atoms with Gasteiger partial charge in [0.15, 0.2) is 5.65 Å². The Labute approximate surface area is 184 Å². The first-order valence-corrected chi connectivity index (χ1v) is 10.6. The standard InChI is InChI=1S/C23H24N6O3/c1-23(2,3)27-20-19(25-17-11-24-8-9-28(17)20)13-4-5-15-14(10-13)12-29(22(15)32)16-6-7-18(30)26-21(16)31/h4-5,8-11,16,27H,6-7,12H2,1-3H3,(H,26,30,31). The lowest BCUT2D eigenvalue weighted by molar-refractivity contribution is -0.136. The van der Waals surface area contributed by atoms with Gasteiger partial charge in [-0.25, -0.2) is 4.98 Å². The van der Waals surface area contributed by atoms with Gasteiger partial charge in [0.2, 0.25) is 11.8 Å². The van der Waals surface area contributed by atoms with E-state index in [1.54, 1.807) is 23.4 Å². The summed E-state index contributed by atoms with van der Waals surface area (Å²) >= 11 is 0. The molecule has 3 amide bonds. The van der Waals surface area contributed by atoms with Gasteiger partial charge < -0.3 is 10.2 Å². The van der Waals surface area contributed by atoms with Crippen LogP contribution in [0.5, 0.6) is 0 Å². The maximum absolute atomic E-state index is 13.0. The molecule has 9 nitrogen and oxygen atoms in total. The van der Waals surface area contributed by atoms with Crippen molar-refractivity contribution in [3.05, 3.63) is 47.9 Å². The van der Waals surface area contributed by atoms with E-state index in [0.717, 1.165) is 28.3 Å². The van der Waals surface area contributed by atoms with Crippen LogP contribution in [0.3, 0.4) is 0 Å². The van der Waals surface area contributed by atoms with E-state index in [9.17, 15) is 14.4 Å². The molecule has 164 valence electrons. The van der Waals surface area contributed by atoms with E-state index < -0.39 is 11.9 Å². The van der Waals surface area contributed by atoms with Gasteiger partial charge in [0.1, 0.15) is 17.6 Å². The minimum atomic E-state index is -0.629. The highest BCUT2D eigenvalue weighted by Crippen LogP contribution is 2.35. The second-order valence-electron chi connectivity index (χ2n) is 9.26. The Morgan fingerprint density at radius 1 is 1.19 bits per heavy atom. The van der Waals surface area contributed by atoms with Gasteiger partial charge in [-0.3, -0.25) is 29.1 Å². The highest BCUT2D eigenvalue weighted by Gasteiger charge is 2.39. The summed E-state index contributed by atoms with van der Waals surface area (Å²) in [6.45, 7) is 6.56. The van der Waals surface area contributed by atoms with E-state index in [0.29, 0.717) is 18.5 Å². The number of amides is 3. The van der Waals surface area contributed by atoms with Crippen LogP contribution in [0.2, 0.25) is 0 Å². The molecule has 0 radical (unpaired) electrons. The van der Waals surface area contributed by atoms with Crippen molar-refractivity contribution in [1.82, 2.24) is 24.6 Å². The number of carbonyl (C=O) groups excluding carboxylic acids is 3. The maximum atomic E-state index is 13.0. The normalized spacial score (nSPS) is 18.8. The van der Waals surface area contributed by atoms with Gasteiger partial charge in [0, 0.05) is 42.0 Å². The lowest BCUT2D eigenvalue weighted by Crippen LogP contribution is -2.52. The number of imide groups is 1. The summed E-state index contributed by atoms with van der Waals surface area (Å²) in [6.07, 6.45) is 5.86. The Bertz CT molecular complexity index is 1270. The van der Waals surface area contributed by atoms with E-state index in [4.69, 9.17) is 4.98 Å². The Morgan fingerprint density at radius 2 is 2.00 bits per heavy atom. The Balaban J connectivity index is 1.52. The number of benzene rings is 1. The number of piperidine rings is 1. The number of rotatable bonds is 3. The molecule has 4 heterocycles. The summed E-state index contributed by atoms with van der Waals surface area (Å²) < 4.78 is 1.96. The molecule has 3 aromatic rings. The summed E-state index contributed by atoms with van der Waals surface area (Å²) in [5.74, 6) is -0.0421. The fourth-order valence-electron chi connectivity index (χ4n) is 4.30. The molecule has 2 N–H and O–H groups in total. The van der Waals surface area contributed by atoms with Crippen LogP contribution >= 0.6 is 0 Å². The molecule has 1 atom stereocenters. The average Bonchev–Trinajstić information content (AvgIpc) is 3.25. The highest BCUT2D eigenvalue weighted by molar-refractivity contribution is 6.05. The predicted octanol–water partition coefficient (Wildman–Crippen LogP) is 2.37. The molecule has 0 spiro atoms. The average molecular weight is 432 g/mol. The first kappa shape index (κ1) is 20.2. The van der Waals surface area contributed by atoms with Crippen molar-refractivity contribution in [1.29, 1.82) is 0 Å². The number of fused-ring (bicyclic) bond motifs is 2. The van der Waals surface area contributed by atoms with Crippen LogP contribution in [-0.4, -0.2) is 48.6 Å². The summed E-state index contributed by atoms with van der Waals surface area (Å²) in [7, 11) is 0. The van der Waals surface area contributed by atoms with Gasteiger partial charge in [0.05, 0.1) is 6.20 Å². The molecule has 2 aromatic heterocycles. The van der Waals surface area contributed by atoms with Crippen molar-refractivity contribution in [2.75, 3.05) is 5.32 Å². The third-order valence-corrected chi connectivity index (χ3v) is 5.72. The molecule has 0 aliphatic carbocycles. The molecule has 32 heavy (non-hydrogen) atoms. The van der Waals surface area contributed by atoms with Crippen molar-refractivity contribution >= 4 is 29.2 Å². The minimum absolute atomic E-state index is 0.187. The molecule has 1 saturated heterocycles. The monoisotopic (exact) mass is 432 g/mol. The van der Waals surface area contributed by atoms with Crippen LogP contribution in [0.4, 0.5) is 5.82 Å².